The van der Waals surface area contributed by atoms with E-state index in [1.54, 1.807) is 0 Å². The predicted octanol–water partition coefficient (Wildman–Crippen LogP) is 16.5. The average Bonchev–Trinajstić information content (AvgIpc) is 3.66. The van der Waals surface area contributed by atoms with Gasteiger partial charge in [0.15, 0.2) is 0 Å². The molecule has 11 rings (SSSR count). The second-order valence-corrected chi connectivity index (χ2v) is 16.3. The van der Waals surface area contributed by atoms with E-state index >= 15 is 0 Å². The molecule has 1 saturated carbocycles. The number of hydrogen-bond acceptors (Lipinski definition) is 1. The zero-order valence-corrected chi connectivity index (χ0v) is 33.7. The average molecular weight is 771 g/mol. The van der Waals surface area contributed by atoms with Crippen molar-refractivity contribution in [2.75, 3.05) is 4.90 Å². The van der Waals surface area contributed by atoms with Crippen LogP contribution in [0.1, 0.15) is 43.6 Å². The largest absolute Gasteiger partial charge is 0.309 e. The van der Waals surface area contributed by atoms with Gasteiger partial charge in [0.25, 0.3) is 0 Å². The molecule has 2 nitrogen and oxygen atoms in total. The first-order valence-electron chi connectivity index (χ1n) is 21.5. The fourth-order valence-electron chi connectivity index (χ4n) is 9.99. The number of nitrogens with zero attached hydrogens (tertiary/aromatic N) is 2. The molecule has 1 fully saturated rings. The Hall–Kier alpha value is -7.16. The van der Waals surface area contributed by atoms with E-state index in [1.807, 2.05) is 0 Å². The Kier molecular flexibility index (Phi) is 9.32. The third-order valence-corrected chi connectivity index (χ3v) is 12.8. The molecule has 60 heavy (non-hydrogen) atoms. The highest BCUT2D eigenvalue weighted by atomic mass is 15.1. The molecule has 0 N–H and O–H groups in total. The third-order valence-electron chi connectivity index (χ3n) is 12.8. The van der Waals surface area contributed by atoms with Crippen molar-refractivity contribution < 1.29 is 0 Å². The molecule has 0 aliphatic heterocycles. The number of para-hydroxylation sites is 4. The minimum atomic E-state index is 0.584. The highest BCUT2D eigenvalue weighted by molar-refractivity contribution is 6.11. The Labute approximate surface area is 352 Å². The summed E-state index contributed by atoms with van der Waals surface area (Å²) in [6.45, 7) is 0. The predicted molar refractivity (Wildman–Crippen MR) is 255 cm³/mol. The smallest absolute Gasteiger partial charge is 0.0541 e. The van der Waals surface area contributed by atoms with Gasteiger partial charge in [-0.15, -0.1) is 0 Å². The Bertz CT molecular complexity index is 3110. The van der Waals surface area contributed by atoms with Crippen molar-refractivity contribution in [3.63, 3.8) is 0 Å². The topological polar surface area (TPSA) is 8.17 Å². The van der Waals surface area contributed by atoms with E-state index in [4.69, 9.17) is 0 Å². The quantitative estimate of drug-likeness (QED) is 0.149. The van der Waals surface area contributed by atoms with Crippen molar-refractivity contribution in [1.82, 2.24) is 4.57 Å². The Morgan fingerprint density at radius 2 is 0.983 bits per heavy atom. The summed E-state index contributed by atoms with van der Waals surface area (Å²) in [6, 6.07) is 78.2. The lowest BCUT2D eigenvalue weighted by atomic mass is 9.80. The number of benzene rings is 9. The molecule has 0 unspecified atom stereocenters. The molecule has 0 bridgehead atoms. The number of aromatic nitrogens is 1. The summed E-state index contributed by atoms with van der Waals surface area (Å²) < 4.78 is 2.39. The van der Waals surface area contributed by atoms with E-state index in [0.29, 0.717) is 5.92 Å². The Morgan fingerprint density at radius 3 is 1.77 bits per heavy atom. The minimum absolute atomic E-state index is 0.584. The molecule has 1 aromatic heterocycles. The van der Waals surface area contributed by atoms with Gasteiger partial charge in [-0.1, -0.05) is 177 Å². The molecule has 288 valence electrons. The fraction of sp³-hybridized carbons (Fsp3) is 0.103. The molecule has 0 atom stereocenters. The van der Waals surface area contributed by atoms with Crippen LogP contribution in [0.3, 0.4) is 0 Å². The molecule has 0 saturated heterocycles. The van der Waals surface area contributed by atoms with Gasteiger partial charge in [-0.3, -0.25) is 0 Å². The maximum absolute atomic E-state index is 2.50. The van der Waals surface area contributed by atoms with Gasteiger partial charge in [0.2, 0.25) is 0 Å². The van der Waals surface area contributed by atoms with E-state index in [9.17, 15) is 0 Å². The summed E-state index contributed by atoms with van der Waals surface area (Å²) in [5.41, 5.74) is 15.8. The van der Waals surface area contributed by atoms with Crippen LogP contribution in [0, 0.1) is 0 Å². The van der Waals surface area contributed by atoms with Gasteiger partial charge in [0, 0.05) is 33.3 Å². The second-order valence-electron chi connectivity index (χ2n) is 16.3. The van der Waals surface area contributed by atoms with Crippen LogP contribution >= 0.6 is 0 Å². The van der Waals surface area contributed by atoms with Crippen molar-refractivity contribution in [2.24, 2.45) is 0 Å². The maximum Gasteiger partial charge on any atom is 0.0541 e. The van der Waals surface area contributed by atoms with Crippen LogP contribution in [0.4, 0.5) is 17.1 Å². The van der Waals surface area contributed by atoms with E-state index in [1.165, 1.54) is 109 Å². The summed E-state index contributed by atoms with van der Waals surface area (Å²) in [4.78, 5) is 2.50. The van der Waals surface area contributed by atoms with E-state index in [2.05, 4.69) is 222 Å². The second kappa shape index (κ2) is 15.5. The van der Waals surface area contributed by atoms with Crippen molar-refractivity contribution in [3.8, 4) is 39.1 Å². The molecule has 1 heterocycles. The van der Waals surface area contributed by atoms with Crippen molar-refractivity contribution in [1.29, 1.82) is 0 Å². The zero-order chi connectivity index (χ0) is 39.8. The van der Waals surface area contributed by atoms with E-state index < -0.39 is 0 Å². The summed E-state index contributed by atoms with van der Waals surface area (Å²) in [5.74, 6) is 0.584. The summed E-state index contributed by atoms with van der Waals surface area (Å²) in [7, 11) is 0. The first kappa shape index (κ1) is 36.0. The van der Waals surface area contributed by atoms with Crippen LogP contribution in [0.5, 0.6) is 0 Å². The van der Waals surface area contributed by atoms with E-state index in [-0.39, 0.29) is 0 Å². The molecular formula is C58H46N2. The summed E-state index contributed by atoms with van der Waals surface area (Å²) in [5, 5.41) is 5.20. The zero-order valence-electron chi connectivity index (χ0n) is 33.7. The van der Waals surface area contributed by atoms with Crippen molar-refractivity contribution >= 4 is 49.6 Å². The number of anilines is 3. The molecule has 9 aromatic carbocycles. The van der Waals surface area contributed by atoms with Gasteiger partial charge in [-0.05, 0) is 112 Å². The lowest BCUT2D eigenvalue weighted by Gasteiger charge is -2.31. The molecule has 0 radical (unpaired) electrons. The standard InChI is InChI=1S/C58H46N2/c1-4-18-41(19-5-1)42-34-37-47(38-35-42)60(55-32-14-11-27-50(55)52-30-17-23-44-22-16-29-49(58(44)52)43-20-6-2-7-21-43)54-31-13-10-26-48(54)45-36-39-57-53(40-45)51-28-12-15-33-56(51)59(57)46-24-8-3-9-25-46/h1,3-5,8-19,22-40,43H,2,6-7,20-21H2. The first-order chi connectivity index (χ1) is 29.8. The first-order valence-corrected chi connectivity index (χ1v) is 21.5. The van der Waals surface area contributed by atoms with Crippen molar-refractivity contribution in [2.45, 2.75) is 38.0 Å². The van der Waals surface area contributed by atoms with Crippen LogP contribution in [-0.4, -0.2) is 4.57 Å². The Balaban J connectivity index is 1.13. The monoisotopic (exact) mass is 770 g/mol. The normalized spacial score (nSPS) is 13.3. The van der Waals surface area contributed by atoms with Crippen molar-refractivity contribution in [3.05, 3.63) is 218 Å². The molecule has 10 aromatic rings. The van der Waals surface area contributed by atoms with E-state index in [0.717, 1.165) is 17.1 Å². The SMILES string of the molecule is c1ccc(-c2ccc(N(c3ccccc3-c3ccc4c(c3)c3ccccc3n4-c3ccccc3)c3ccccc3-c3cccc4cccc(C5CCCCC5)c34)cc2)cc1. The molecule has 1 aliphatic rings. The molecule has 0 spiro atoms. The molecule has 0 amide bonds. The minimum Gasteiger partial charge on any atom is -0.309 e. The third kappa shape index (κ3) is 6.37. The van der Waals surface area contributed by atoms with Crippen LogP contribution in [0.2, 0.25) is 0 Å². The Morgan fingerprint density at radius 1 is 0.400 bits per heavy atom. The summed E-state index contributed by atoms with van der Waals surface area (Å²) in [6.07, 6.45) is 6.48. The molecule has 2 heteroatoms. The number of fused-ring (bicyclic) bond motifs is 4. The maximum atomic E-state index is 2.50. The van der Waals surface area contributed by atoms with Gasteiger partial charge in [0.05, 0.1) is 22.4 Å². The van der Waals surface area contributed by atoms with Crippen LogP contribution in [-0.2, 0) is 0 Å². The highest BCUT2D eigenvalue weighted by Gasteiger charge is 2.24. The lowest BCUT2D eigenvalue weighted by molar-refractivity contribution is 0.445. The van der Waals surface area contributed by atoms with Gasteiger partial charge < -0.3 is 9.47 Å². The van der Waals surface area contributed by atoms with Gasteiger partial charge in [-0.25, -0.2) is 0 Å². The summed E-state index contributed by atoms with van der Waals surface area (Å²) >= 11 is 0. The van der Waals surface area contributed by atoms with Gasteiger partial charge >= 0.3 is 0 Å². The number of rotatable bonds is 8. The van der Waals surface area contributed by atoms with Crippen LogP contribution in [0.15, 0.2) is 212 Å². The van der Waals surface area contributed by atoms with Gasteiger partial charge in [0.1, 0.15) is 0 Å². The van der Waals surface area contributed by atoms with Crippen LogP contribution in [0.25, 0.3) is 71.6 Å². The number of hydrogen-bond donors (Lipinski definition) is 0. The van der Waals surface area contributed by atoms with Crippen LogP contribution < -0.4 is 4.90 Å². The molecular weight excluding hydrogens is 725 g/mol. The fourth-order valence-corrected chi connectivity index (χ4v) is 9.99. The molecule has 1 aliphatic carbocycles. The lowest BCUT2D eigenvalue weighted by Crippen LogP contribution is -2.12. The highest BCUT2D eigenvalue weighted by Crippen LogP contribution is 2.48. The van der Waals surface area contributed by atoms with Gasteiger partial charge in [-0.2, -0.15) is 0 Å².